The highest BCUT2D eigenvalue weighted by Gasteiger charge is 2.33. The number of hydrogen-bond acceptors (Lipinski definition) is 6. The van der Waals surface area contributed by atoms with Crippen LogP contribution in [-0.2, 0) is 14.3 Å². The summed E-state index contributed by atoms with van der Waals surface area (Å²) >= 11 is 0. The fraction of sp³-hybridized carbons (Fsp3) is 0.150. The molecule has 8 heteroatoms. The summed E-state index contributed by atoms with van der Waals surface area (Å²) in [6.07, 6.45) is 0. The number of ether oxygens (including phenoxy) is 1. The van der Waals surface area contributed by atoms with Crippen molar-refractivity contribution in [2.75, 3.05) is 20.2 Å². The number of likely N-dealkylation sites (N-methyl/N-ethyl adjacent to an activating group) is 1. The predicted octanol–water partition coefficient (Wildman–Crippen LogP) is 0.481. The molecule has 0 fully saturated rings. The number of hydrogen-bond donors (Lipinski definition) is 2. The lowest BCUT2D eigenvalue weighted by Gasteiger charge is -2.19. The Morgan fingerprint density at radius 1 is 0.857 bits per heavy atom. The average Bonchev–Trinajstić information content (AvgIpc) is 2.73. The molecule has 0 bridgehead atoms. The van der Waals surface area contributed by atoms with Gasteiger partial charge in [0.1, 0.15) is 0 Å². The third-order valence-corrected chi connectivity index (χ3v) is 4.23. The summed E-state index contributed by atoms with van der Waals surface area (Å²) in [7, 11) is 1.42. The predicted molar refractivity (Wildman–Crippen MR) is 97.1 cm³/mol. The topological polar surface area (TPSA) is 119 Å². The fourth-order valence-electron chi connectivity index (χ4n) is 2.84. The first-order valence-electron chi connectivity index (χ1n) is 8.40. The van der Waals surface area contributed by atoms with E-state index in [0.717, 1.165) is 0 Å². The molecule has 2 aromatic rings. The van der Waals surface area contributed by atoms with E-state index in [1.165, 1.54) is 31.3 Å². The minimum Gasteiger partial charge on any atom is -0.452 e. The molecule has 2 N–H and O–H groups in total. The van der Waals surface area contributed by atoms with E-state index in [2.05, 4.69) is 10.6 Å². The first-order chi connectivity index (χ1) is 13.4. The molecule has 0 unspecified atom stereocenters. The molecule has 0 spiro atoms. The highest BCUT2D eigenvalue weighted by atomic mass is 16.5. The van der Waals surface area contributed by atoms with Gasteiger partial charge in [0.05, 0.1) is 12.1 Å². The maximum atomic E-state index is 12.8. The monoisotopic (exact) mass is 380 g/mol. The quantitative estimate of drug-likeness (QED) is 0.622. The second-order valence-corrected chi connectivity index (χ2v) is 5.96. The summed E-state index contributed by atoms with van der Waals surface area (Å²) < 4.78 is 4.95. The van der Waals surface area contributed by atoms with Crippen molar-refractivity contribution in [2.45, 2.75) is 0 Å². The Morgan fingerprint density at radius 3 is 2.18 bits per heavy atom. The lowest BCUT2D eigenvalue weighted by atomic mass is 9.82. The molecule has 0 aromatic heterocycles. The van der Waals surface area contributed by atoms with Crippen molar-refractivity contribution < 1.29 is 28.7 Å². The Morgan fingerprint density at radius 2 is 1.50 bits per heavy atom. The number of esters is 1. The molecular formula is C20H16N2O6. The van der Waals surface area contributed by atoms with Gasteiger partial charge in [-0.15, -0.1) is 0 Å². The third-order valence-electron chi connectivity index (χ3n) is 4.23. The smallest absolute Gasteiger partial charge is 0.339 e. The van der Waals surface area contributed by atoms with Crippen LogP contribution in [0.3, 0.4) is 0 Å². The Hall–Kier alpha value is -3.81. The second-order valence-electron chi connectivity index (χ2n) is 5.96. The Bertz CT molecular complexity index is 1010. The zero-order valence-corrected chi connectivity index (χ0v) is 14.9. The van der Waals surface area contributed by atoms with Gasteiger partial charge in [-0.1, -0.05) is 36.4 Å². The zero-order chi connectivity index (χ0) is 20.3. The first-order valence-corrected chi connectivity index (χ1v) is 8.40. The highest BCUT2D eigenvalue weighted by Crippen LogP contribution is 2.29. The lowest BCUT2D eigenvalue weighted by Crippen LogP contribution is -2.37. The van der Waals surface area contributed by atoms with Crippen LogP contribution < -0.4 is 10.6 Å². The standard InChI is InChI=1S/C20H16N2O6/c1-21-15(23)9-22-16(24)10-28-20(27)14-8-4-7-13-17(14)19(26)12-6-3-2-5-11(12)18(13)25/h2-8H,9-10H2,1H3,(H,21,23)(H,22,24). The van der Waals surface area contributed by atoms with Crippen molar-refractivity contribution in [3.05, 3.63) is 70.3 Å². The molecule has 0 atom stereocenters. The van der Waals surface area contributed by atoms with Crippen LogP contribution in [0.4, 0.5) is 0 Å². The van der Waals surface area contributed by atoms with Gasteiger partial charge in [-0.2, -0.15) is 0 Å². The van der Waals surface area contributed by atoms with Crippen LogP contribution in [0.5, 0.6) is 0 Å². The van der Waals surface area contributed by atoms with E-state index >= 15 is 0 Å². The number of nitrogens with one attached hydrogen (secondary N) is 2. The molecular weight excluding hydrogens is 364 g/mol. The van der Waals surface area contributed by atoms with E-state index in [1.54, 1.807) is 18.2 Å². The number of carbonyl (C=O) groups excluding carboxylic acids is 5. The number of rotatable bonds is 5. The molecule has 28 heavy (non-hydrogen) atoms. The summed E-state index contributed by atoms with van der Waals surface area (Å²) in [5.74, 6) is -2.80. The average molecular weight is 380 g/mol. The first kappa shape index (κ1) is 19.0. The van der Waals surface area contributed by atoms with E-state index in [9.17, 15) is 24.0 Å². The van der Waals surface area contributed by atoms with Gasteiger partial charge in [-0.25, -0.2) is 4.79 Å². The van der Waals surface area contributed by atoms with Gasteiger partial charge in [0, 0.05) is 29.3 Å². The van der Waals surface area contributed by atoms with Crippen molar-refractivity contribution in [1.29, 1.82) is 0 Å². The molecule has 3 rings (SSSR count). The van der Waals surface area contributed by atoms with Crippen molar-refractivity contribution in [2.24, 2.45) is 0 Å². The molecule has 2 aromatic carbocycles. The largest absolute Gasteiger partial charge is 0.452 e. The molecule has 0 radical (unpaired) electrons. The summed E-state index contributed by atoms with van der Waals surface area (Å²) in [5, 5.41) is 4.61. The van der Waals surface area contributed by atoms with Crippen molar-refractivity contribution >= 4 is 29.4 Å². The van der Waals surface area contributed by atoms with Gasteiger partial charge in [-0.3, -0.25) is 19.2 Å². The molecule has 0 saturated heterocycles. The van der Waals surface area contributed by atoms with E-state index in [0.29, 0.717) is 0 Å². The van der Waals surface area contributed by atoms with E-state index < -0.39 is 30.2 Å². The van der Waals surface area contributed by atoms with Crippen LogP contribution in [0, 0.1) is 0 Å². The van der Waals surface area contributed by atoms with Crippen molar-refractivity contribution in [1.82, 2.24) is 10.6 Å². The van der Waals surface area contributed by atoms with Crippen molar-refractivity contribution in [3.63, 3.8) is 0 Å². The van der Waals surface area contributed by atoms with Gasteiger partial charge in [0.2, 0.25) is 5.91 Å². The molecule has 8 nitrogen and oxygen atoms in total. The molecule has 2 amide bonds. The molecule has 0 aliphatic heterocycles. The van der Waals surface area contributed by atoms with Gasteiger partial charge < -0.3 is 15.4 Å². The zero-order valence-electron chi connectivity index (χ0n) is 14.9. The fourth-order valence-corrected chi connectivity index (χ4v) is 2.84. The Kier molecular flexibility index (Phi) is 5.30. The maximum Gasteiger partial charge on any atom is 0.339 e. The van der Waals surface area contributed by atoms with Crippen LogP contribution in [0.1, 0.15) is 42.2 Å². The van der Waals surface area contributed by atoms with Gasteiger partial charge in [0.15, 0.2) is 18.2 Å². The molecule has 1 aliphatic rings. The third kappa shape index (κ3) is 3.52. The summed E-state index contributed by atoms with van der Waals surface area (Å²) in [6.45, 7) is -0.879. The summed E-state index contributed by atoms with van der Waals surface area (Å²) in [4.78, 5) is 60.7. The van der Waals surface area contributed by atoms with Crippen LogP contribution >= 0.6 is 0 Å². The minimum absolute atomic E-state index is 0.0398. The van der Waals surface area contributed by atoms with Crippen molar-refractivity contribution in [3.8, 4) is 0 Å². The Labute approximate surface area is 159 Å². The summed E-state index contributed by atoms with van der Waals surface area (Å²) in [5.41, 5.74) is 0.469. The van der Waals surface area contributed by atoms with Gasteiger partial charge in [0.25, 0.3) is 5.91 Å². The molecule has 142 valence electrons. The number of amides is 2. The molecule has 0 saturated carbocycles. The molecule has 0 heterocycles. The number of carbonyl (C=O) groups is 5. The van der Waals surface area contributed by atoms with Crippen LogP contribution in [0.2, 0.25) is 0 Å². The van der Waals surface area contributed by atoms with Gasteiger partial charge in [-0.05, 0) is 6.07 Å². The highest BCUT2D eigenvalue weighted by molar-refractivity contribution is 6.30. The summed E-state index contributed by atoms with van der Waals surface area (Å²) in [6, 6.07) is 10.7. The Balaban J connectivity index is 1.80. The lowest BCUT2D eigenvalue weighted by molar-refractivity contribution is -0.127. The SMILES string of the molecule is CNC(=O)CNC(=O)COC(=O)c1cccc2c1C(=O)c1ccccc1C2=O. The van der Waals surface area contributed by atoms with Crippen LogP contribution in [-0.4, -0.2) is 49.5 Å². The normalized spacial score (nSPS) is 11.9. The molecule has 1 aliphatic carbocycles. The van der Waals surface area contributed by atoms with E-state index in [4.69, 9.17) is 4.74 Å². The van der Waals surface area contributed by atoms with Crippen LogP contribution in [0.15, 0.2) is 42.5 Å². The number of benzene rings is 2. The second kappa shape index (κ2) is 7.83. The van der Waals surface area contributed by atoms with Crippen LogP contribution in [0.25, 0.3) is 0 Å². The van der Waals surface area contributed by atoms with E-state index in [1.807, 2.05) is 0 Å². The van der Waals surface area contributed by atoms with E-state index in [-0.39, 0.29) is 40.1 Å². The van der Waals surface area contributed by atoms with Gasteiger partial charge >= 0.3 is 5.97 Å². The number of fused-ring (bicyclic) bond motifs is 2. The minimum atomic E-state index is -0.910. The number of ketones is 2. The maximum absolute atomic E-state index is 12.8.